The molecule has 3 rings (SSSR count). The maximum Gasteiger partial charge on any atom is 0.453 e. The Balaban J connectivity index is 1.84. The van der Waals surface area contributed by atoms with Crippen LogP contribution in [0.1, 0.15) is 67.0 Å². The van der Waals surface area contributed by atoms with Crippen molar-refractivity contribution >= 4 is 11.4 Å². The number of ketones is 1. The summed E-state index contributed by atoms with van der Waals surface area (Å²) in [5.41, 5.74) is 0.0104. The van der Waals surface area contributed by atoms with Gasteiger partial charge in [0.05, 0.1) is 11.3 Å². The molecule has 0 aliphatic heterocycles. The largest absolute Gasteiger partial charge is 0.483 e. The molecule has 3 aromatic rings. The first-order chi connectivity index (χ1) is 17.5. The predicted molar refractivity (Wildman–Crippen MR) is 127 cm³/mol. The highest BCUT2D eigenvalue weighted by Crippen LogP contribution is 2.40. The summed E-state index contributed by atoms with van der Waals surface area (Å²) in [5, 5.41) is 10.5. The molecule has 0 saturated heterocycles. The molecule has 3 aromatic heterocycles. The minimum Gasteiger partial charge on any atom is -0.483 e. The van der Waals surface area contributed by atoms with E-state index in [1.807, 2.05) is 0 Å². The highest BCUT2D eigenvalue weighted by molar-refractivity contribution is 5.97. The Morgan fingerprint density at radius 1 is 1.18 bits per heavy atom. The van der Waals surface area contributed by atoms with Gasteiger partial charge >= 0.3 is 12.1 Å². The van der Waals surface area contributed by atoms with Crippen molar-refractivity contribution < 1.29 is 41.0 Å². The molecule has 1 atom stereocenters. The molecule has 1 N–H and O–H groups in total. The Labute approximate surface area is 215 Å². The van der Waals surface area contributed by atoms with Gasteiger partial charge in [-0.05, 0) is 70.2 Å². The van der Waals surface area contributed by atoms with Crippen molar-refractivity contribution in [2.45, 2.75) is 77.7 Å². The van der Waals surface area contributed by atoms with Crippen LogP contribution in [0.2, 0.25) is 0 Å². The fourth-order valence-electron chi connectivity index (χ4n) is 4.21. The summed E-state index contributed by atoms with van der Waals surface area (Å²) in [7, 11) is 0. The molecule has 0 saturated carbocycles. The smallest absolute Gasteiger partial charge is 0.453 e. The SMILES string of the molecule is Cc1cc(OCc2ncccc2F)c2nc(C)c(C(=O)CC(CCCC(F)(F)C(F)(F)F)C(C)(C)O)n2c1. The zero-order valence-corrected chi connectivity index (χ0v) is 21.4. The fourth-order valence-corrected chi connectivity index (χ4v) is 4.21. The number of aromatic nitrogens is 3. The molecule has 0 amide bonds. The van der Waals surface area contributed by atoms with Gasteiger partial charge < -0.3 is 9.84 Å². The topological polar surface area (TPSA) is 76.7 Å². The summed E-state index contributed by atoms with van der Waals surface area (Å²) >= 11 is 0. The molecule has 12 heteroatoms. The number of hydrogen-bond acceptors (Lipinski definition) is 5. The zero-order valence-electron chi connectivity index (χ0n) is 21.4. The molecule has 0 spiro atoms. The number of halogens is 6. The van der Waals surface area contributed by atoms with Crippen molar-refractivity contribution in [3.8, 4) is 5.75 Å². The first-order valence-electron chi connectivity index (χ1n) is 11.9. The van der Waals surface area contributed by atoms with Crippen LogP contribution in [-0.2, 0) is 6.61 Å². The number of alkyl halides is 5. The third-order valence-corrected chi connectivity index (χ3v) is 6.35. The summed E-state index contributed by atoms with van der Waals surface area (Å²) in [6.07, 6.45) is -5.11. The Bertz CT molecular complexity index is 1300. The lowest BCUT2D eigenvalue weighted by atomic mass is 9.82. The average Bonchev–Trinajstić information content (AvgIpc) is 3.11. The van der Waals surface area contributed by atoms with Gasteiger partial charge in [0.1, 0.15) is 23.8 Å². The maximum atomic E-state index is 14.0. The summed E-state index contributed by atoms with van der Waals surface area (Å²) < 4.78 is 85.5. The van der Waals surface area contributed by atoms with E-state index in [1.54, 1.807) is 26.1 Å². The number of carbonyl (C=O) groups excluding carboxylic acids is 1. The number of Topliss-reactive ketones (excluding diaryl/α,β-unsaturated/α-hetero) is 1. The van der Waals surface area contributed by atoms with Crippen LogP contribution in [0.4, 0.5) is 26.3 Å². The van der Waals surface area contributed by atoms with Crippen molar-refractivity contribution in [1.82, 2.24) is 14.4 Å². The highest BCUT2D eigenvalue weighted by atomic mass is 19.4. The van der Waals surface area contributed by atoms with Gasteiger partial charge in [0.2, 0.25) is 0 Å². The molecule has 0 aliphatic rings. The van der Waals surface area contributed by atoms with Crippen molar-refractivity contribution in [3.63, 3.8) is 0 Å². The normalized spacial score (nSPS) is 13.7. The van der Waals surface area contributed by atoms with Crippen LogP contribution in [0.25, 0.3) is 5.65 Å². The van der Waals surface area contributed by atoms with E-state index in [9.17, 15) is 36.2 Å². The number of pyridine rings is 2. The Morgan fingerprint density at radius 2 is 1.87 bits per heavy atom. The van der Waals surface area contributed by atoms with Crippen LogP contribution in [0.3, 0.4) is 0 Å². The van der Waals surface area contributed by atoms with Gasteiger partial charge in [0.15, 0.2) is 17.2 Å². The lowest BCUT2D eigenvalue weighted by Crippen LogP contribution is -2.37. The van der Waals surface area contributed by atoms with Gasteiger partial charge in [-0.25, -0.2) is 9.37 Å². The van der Waals surface area contributed by atoms with Crippen LogP contribution < -0.4 is 4.74 Å². The van der Waals surface area contributed by atoms with Crippen molar-refractivity contribution in [2.75, 3.05) is 0 Å². The Hall–Kier alpha value is -3.15. The molecule has 208 valence electrons. The number of carbonyl (C=O) groups is 1. The summed E-state index contributed by atoms with van der Waals surface area (Å²) in [6.45, 7) is 5.89. The van der Waals surface area contributed by atoms with Crippen LogP contribution in [0, 0.1) is 25.6 Å². The van der Waals surface area contributed by atoms with Crippen LogP contribution in [-0.4, -0.2) is 43.0 Å². The van der Waals surface area contributed by atoms with E-state index >= 15 is 0 Å². The highest BCUT2D eigenvalue weighted by Gasteiger charge is 2.56. The number of nitrogens with zero attached hydrogens (tertiary/aromatic N) is 3. The first-order valence-corrected chi connectivity index (χ1v) is 11.9. The third kappa shape index (κ3) is 6.64. The van der Waals surface area contributed by atoms with Crippen LogP contribution >= 0.6 is 0 Å². The van der Waals surface area contributed by atoms with E-state index in [0.29, 0.717) is 11.3 Å². The molecule has 0 aromatic carbocycles. The van der Waals surface area contributed by atoms with E-state index < -0.39 is 48.1 Å². The lowest BCUT2D eigenvalue weighted by molar-refractivity contribution is -0.284. The second kappa shape index (κ2) is 10.9. The summed E-state index contributed by atoms with van der Waals surface area (Å²) in [5.74, 6) is -6.50. The molecular weight excluding hydrogens is 516 g/mol. The second-order valence-corrected chi connectivity index (χ2v) is 9.91. The number of ether oxygens (including phenoxy) is 1. The molecule has 1 unspecified atom stereocenters. The van der Waals surface area contributed by atoms with Gasteiger partial charge in [0, 0.05) is 25.2 Å². The number of rotatable bonds is 11. The summed E-state index contributed by atoms with van der Waals surface area (Å²) in [4.78, 5) is 21.7. The van der Waals surface area contributed by atoms with E-state index in [4.69, 9.17) is 4.74 Å². The average molecular weight is 546 g/mol. The van der Waals surface area contributed by atoms with Crippen molar-refractivity contribution in [2.24, 2.45) is 5.92 Å². The maximum absolute atomic E-state index is 14.0. The predicted octanol–water partition coefficient (Wildman–Crippen LogP) is 6.39. The molecule has 0 radical (unpaired) electrons. The van der Waals surface area contributed by atoms with Gasteiger partial charge in [-0.2, -0.15) is 22.0 Å². The van der Waals surface area contributed by atoms with Gasteiger partial charge in [0.25, 0.3) is 0 Å². The molecule has 3 heterocycles. The lowest BCUT2D eigenvalue weighted by Gasteiger charge is -2.29. The minimum absolute atomic E-state index is 0.0795. The summed E-state index contributed by atoms with van der Waals surface area (Å²) in [6, 6.07) is 4.36. The number of hydrogen-bond donors (Lipinski definition) is 1. The standard InChI is InChI=1S/C26H29F6N3O3/c1-15-11-21(38-14-19-18(27)8-6-10-33-19)23-34-16(2)22(35(23)13-15)20(36)12-17(24(3,4)37)7-5-9-25(28,29)26(30,31)32/h6,8,10-11,13,17,37H,5,7,9,12,14H2,1-4H3. The molecule has 0 aliphatic carbocycles. The van der Waals surface area contributed by atoms with Gasteiger partial charge in [-0.1, -0.05) is 0 Å². The zero-order chi connectivity index (χ0) is 28.5. The molecule has 0 fully saturated rings. The van der Waals surface area contributed by atoms with Crippen LogP contribution in [0.5, 0.6) is 5.75 Å². The minimum atomic E-state index is -5.67. The van der Waals surface area contributed by atoms with E-state index in [2.05, 4.69) is 9.97 Å². The number of aryl methyl sites for hydroxylation is 2. The monoisotopic (exact) mass is 545 g/mol. The van der Waals surface area contributed by atoms with E-state index in [0.717, 1.165) is 0 Å². The quantitative estimate of drug-likeness (QED) is 0.223. The van der Waals surface area contributed by atoms with E-state index in [-0.39, 0.29) is 42.2 Å². The van der Waals surface area contributed by atoms with Crippen molar-refractivity contribution in [1.29, 1.82) is 0 Å². The molecule has 6 nitrogen and oxygen atoms in total. The second-order valence-electron chi connectivity index (χ2n) is 9.91. The molecular formula is C26H29F6N3O3. The van der Waals surface area contributed by atoms with Crippen LogP contribution in [0.15, 0.2) is 30.6 Å². The van der Waals surface area contributed by atoms with E-state index in [1.165, 1.54) is 36.6 Å². The Morgan fingerprint density at radius 3 is 2.47 bits per heavy atom. The van der Waals surface area contributed by atoms with Gasteiger partial charge in [-0.3, -0.25) is 14.2 Å². The number of aliphatic hydroxyl groups is 1. The van der Waals surface area contributed by atoms with Gasteiger partial charge in [-0.15, -0.1) is 0 Å². The number of imidazole rings is 1. The third-order valence-electron chi connectivity index (χ3n) is 6.35. The number of fused-ring (bicyclic) bond motifs is 1. The van der Waals surface area contributed by atoms with Crippen molar-refractivity contribution in [3.05, 3.63) is 59.1 Å². The first kappa shape index (κ1) is 29.4. The fraction of sp³-hybridized carbons (Fsp3) is 0.500. The molecule has 38 heavy (non-hydrogen) atoms. The Kier molecular flexibility index (Phi) is 8.45. The molecule has 0 bridgehead atoms.